The second kappa shape index (κ2) is 13.1. The smallest absolute Gasteiger partial charge is 0.162 e. The van der Waals surface area contributed by atoms with Crippen LogP contribution in [0, 0.1) is 5.82 Å². The number of ether oxygens (including phenoxy) is 2. The molecule has 3 nitrogen and oxygen atoms in total. The van der Waals surface area contributed by atoms with Crippen LogP contribution in [-0.4, -0.2) is 13.7 Å². The summed E-state index contributed by atoms with van der Waals surface area (Å²) in [7, 11) is 1.62. The SMILES string of the molecule is CCCCCCCCNCc1cc(OC)c(OCc2ccc(F)cc2Cl)cc1Br. The summed E-state index contributed by atoms with van der Waals surface area (Å²) in [4.78, 5) is 0. The lowest BCUT2D eigenvalue weighted by Crippen LogP contribution is -2.15. The van der Waals surface area contributed by atoms with Gasteiger partial charge in [0.2, 0.25) is 0 Å². The van der Waals surface area contributed by atoms with E-state index in [4.69, 9.17) is 21.1 Å². The van der Waals surface area contributed by atoms with Crippen molar-refractivity contribution in [2.24, 2.45) is 0 Å². The number of hydrogen-bond acceptors (Lipinski definition) is 3. The number of rotatable bonds is 13. The van der Waals surface area contributed by atoms with Gasteiger partial charge >= 0.3 is 0 Å². The number of methoxy groups -OCH3 is 1. The van der Waals surface area contributed by atoms with Crippen LogP contribution in [0.1, 0.15) is 56.6 Å². The predicted molar refractivity (Wildman–Crippen MR) is 122 cm³/mol. The summed E-state index contributed by atoms with van der Waals surface area (Å²) in [6, 6.07) is 8.15. The van der Waals surface area contributed by atoms with Crippen LogP contribution in [0.3, 0.4) is 0 Å². The van der Waals surface area contributed by atoms with Crippen molar-refractivity contribution in [2.75, 3.05) is 13.7 Å². The van der Waals surface area contributed by atoms with Crippen LogP contribution >= 0.6 is 27.5 Å². The van der Waals surface area contributed by atoms with E-state index >= 15 is 0 Å². The minimum Gasteiger partial charge on any atom is -0.493 e. The first-order valence-corrected chi connectivity index (χ1v) is 11.4. The van der Waals surface area contributed by atoms with Crippen molar-refractivity contribution < 1.29 is 13.9 Å². The molecule has 2 aromatic carbocycles. The van der Waals surface area contributed by atoms with Gasteiger partial charge in [0.1, 0.15) is 12.4 Å². The highest BCUT2D eigenvalue weighted by molar-refractivity contribution is 9.10. The molecule has 0 bridgehead atoms. The van der Waals surface area contributed by atoms with Crippen molar-refractivity contribution in [3.8, 4) is 11.5 Å². The Hall–Kier alpha value is -1.30. The average Bonchev–Trinajstić information content (AvgIpc) is 2.70. The molecule has 0 atom stereocenters. The first-order chi connectivity index (χ1) is 14.0. The highest BCUT2D eigenvalue weighted by Crippen LogP contribution is 2.34. The quantitative estimate of drug-likeness (QED) is 0.302. The van der Waals surface area contributed by atoms with Crippen molar-refractivity contribution >= 4 is 27.5 Å². The molecule has 0 aromatic heterocycles. The number of unbranched alkanes of at least 4 members (excludes halogenated alkanes) is 5. The van der Waals surface area contributed by atoms with E-state index < -0.39 is 0 Å². The summed E-state index contributed by atoms with van der Waals surface area (Å²) in [5.41, 5.74) is 1.83. The molecule has 2 rings (SSSR count). The van der Waals surface area contributed by atoms with Gasteiger partial charge in [-0.1, -0.05) is 72.6 Å². The van der Waals surface area contributed by atoms with E-state index in [1.165, 1.54) is 50.7 Å². The molecule has 0 fully saturated rings. The van der Waals surface area contributed by atoms with E-state index in [2.05, 4.69) is 28.2 Å². The lowest BCUT2D eigenvalue weighted by atomic mass is 10.1. The Kier molecular flexibility index (Phi) is 10.8. The van der Waals surface area contributed by atoms with Crippen LogP contribution < -0.4 is 14.8 Å². The zero-order valence-corrected chi connectivity index (χ0v) is 19.5. The van der Waals surface area contributed by atoms with Gasteiger partial charge in [0, 0.05) is 16.6 Å². The first kappa shape index (κ1) is 24.0. The fraction of sp³-hybridized carbons (Fsp3) is 0.478. The molecule has 0 saturated heterocycles. The van der Waals surface area contributed by atoms with Crippen LogP contribution in [0.4, 0.5) is 4.39 Å². The maximum atomic E-state index is 13.2. The summed E-state index contributed by atoms with van der Waals surface area (Å²) >= 11 is 9.70. The molecular formula is C23H30BrClFNO2. The Morgan fingerprint density at radius 3 is 2.48 bits per heavy atom. The molecule has 0 unspecified atom stereocenters. The lowest BCUT2D eigenvalue weighted by molar-refractivity contribution is 0.284. The largest absolute Gasteiger partial charge is 0.493 e. The molecule has 0 aliphatic heterocycles. The van der Waals surface area contributed by atoms with Gasteiger partial charge in [0.25, 0.3) is 0 Å². The van der Waals surface area contributed by atoms with Gasteiger partial charge in [0.05, 0.1) is 12.1 Å². The monoisotopic (exact) mass is 485 g/mol. The standard InChI is InChI=1S/C23H30BrClFNO2/c1-3-4-5-6-7-8-11-27-15-18-12-22(28-2)23(14-20(18)24)29-16-17-9-10-19(26)13-21(17)25/h9-10,12-14,27H,3-8,11,15-16H2,1-2H3. The third-order valence-electron chi connectivity index (χ3n) is 4.75. The number of benzene rings is 2. The molecule has 2 aromatic rings. The second-order valence-corrected chi connectivity index (χ2v) is 8.32. The highest BCUT2D eigenvalue weighted by atomic mass is 79.9. The zero-order chi connectivity index (χ0) is 21.1. The van der Waals surface area contributed by atoms with E-state index in [0.29, 0.717) is 16.5 Å². The maximum absolute atomic E-state index is 13.2. The topological polar surface area (TPSA) is 30.5 Å². The number of nitrogens with one attached hydrogen (secondary N) is 1. The Labute approximate surface area is 187 Å². The molecule has 6 heteroatoms. The summed E-state index contributed by atoms with van der Waals surface area (Å²) in [6.07, 6.45) is 7.74. The number of halogens is 3. The molecule has 0 amide bonds. The summed E-state index contributed by atoms with van der Waals surface area (Å²) in [6.45, 7) is 4.23. The van der Waals surface area contributed by atoms with Crippen molar-refractivity contribution in [1.29, 1.82) is 0 Å². The van der Waals surface area contributed by atoms with E-state index in [-0.39, 0.29) is 12.4 Å². The van der Waals surface area contributed by atoms with Gasteiger partial charge in [-0.3, -0.25) is 0 Å². The Morgan fingerprint density at radius 1 is 1.00 bits per heavy atom. The summed E-state index contributed by atoms with van der Waals surface area (Å²) < 4.78 is 25.5. The third-order valence-corrected chi connectivity index (χ3v) is 5.84. The molecule has 29 heavy (non-hydrogen) atoms. The molecule has 0 saturated carbocycles. The Bertz CT molecular complexity index is 773. The fourth-order valence-corrected chi connectivity index (χ4v) is 3.72. The highest BCUT2D eigenvalue weighted by Gasteiger charge is 2.12. The van der Waals surface area contributed by atoms with Crippen molar-refractivity contribution in [1.82, 2.24) is 5.32 Å². The van der Waals surface area contributed by atoms with Gasteiger partial charge in [0.15, 0.2) is 11.5 Å². The van der Waals surface area contributed by atoms with Crippen LogP contribution in [0.15, 0.2) is 34.8 Å². The Morgan fingerprint density at radius 2 is 1.76 bits per heavy atom. The van der Waals surface area contributed by atoms with Gasteiger partial charge in [-0.15, -0.1) is 0 Å². The number of hydrogen-bond donors (Lipinski definition) is 1. The van der Waals surface area contributed by atoms with Gasteiger partial charge in [-0.25, -0.2) is 4.39 Å². The summed E-state index contributed by atoms with van der Waals surface area (Å²) in [5.74, 6) is 0.902. The van der Waals surface area contributed by atoms with Gasteiger partial charge in [-0.05, 0) is 42.8 Å². The van der Waals surface area contributed by atoms with Crippen LogP contribution in [0.2, 0.25) is 5.02 Å². The molecule has 0 aliphatic rings. The van der Waals surface area contributed by atoms with Crippen LogP contribution in [0.5, 0.6) is 11.5 Å². The summed E-state index contributed by atoms with van der Waals surface area (Å²) in [5, 5.41) is 3.84. The molecule has 0 aliphatic carbocycles. The van der Waals surface area contributed by atoms with E-state index in [1.807, 2.05) is 12.1 Å². The fourth-order valence-electron chi connectivity index (χ4n) is 3.03. The van der Waals surface area contributed by atoms with E-state index in [0.717, 1.165) is 28.7 Å². The van der Waals surface area contributed by atoms with Gasteiger partial charge < -0.3 is 14.8 Å². The minimum absolute atomic E-state index is 0.234. The molecule has 1 N–H and O–H groups in total. The van der Waals surface area contributed by atoms with Crippen molar-refractivity contribution in [3.05, 3.63) is 56.8 Å². The second-order valence-electron chi connectivity index (χ2n) is 7.06. The molecule has 0 heterocycles. The van der Waals surface area contributed by atoms with Crippen LogP contribution in [0.25, 0.3) is 0 Å². The molecule has 0 spiro atoms. The molecular weight excluding hydrogens is 457 g/mol. The van der Waals surface area contributed by atoms with Crippen LogP contribution in [-0.2, 0) is 13.2 Å². The van der Waals surface area contributed by atoms with E-state index in [9.17, 15) is 4.39 Å². The normalized spacial score (nSPS) is 10.9. The predicted octanol–water partition coefficient (Wildman–Crippen LogP) is 7.28. The molecule has 160 valence electrons. The Balaban J connectivity index is 1.87. The van der Waals surface area contributed by atoms with Gasteiger partial charge in [-0.2, -0.15) is 0 Å². The average molecular weight is 487 g/mol. The third kappa shape index (κ3) is 8.15. The minimum atomic E-state index is -0.364. The molecule has 0 radical (unpaired) electrons. The first-order valence-electron chi connectivity index (χ1n) is 10.2. The van der Waals surface area contributed by atoms with E-state index in [1.54, 1.807) is 13.2 Å². The van der Waals surface area contributed by atoms with Crippen molar-refractivity contribution in [3.63, 3.8) is 0 Å². The lowest BCUT2D eigenvalue weighted by Gasteiger charge is -2.15. The maximum Gasteiger partial charge on any atom is 0.162 e. The van der Waals surface area contributed by atoms with Crippen molar-refractivity contribution in [2.45, 2.75) is 58.6 Å². The zero-order valence-electron chi connectivity index (χ0n) is 17.2.